The average molecular weight is 355 g/mol. The van der Waals surface area contributed by atoms with Gasteiger partial charge in [-0.15, -0.1) is 0 Å². The maximum atomic E-state index is 12.6. The molecule has 132 valence electrons. The van der Waals surface area contributed by atoms with Crippen molar-refractivity contribution in [2.24, 2.45) is 0 Å². The smallest absolute Gasteiger partial charge is 0.421 e. The maximum Gasteiger partial charge on any atom is 0.421 e. The summed E-state index contributed by atoms with van der Waals surface area (Å²) in [5, 5.41) is 2.92. The second kappa shape index (κ2) is 9.93. The van der Waals surface area contributed by atoms with Crippen LogP contribution >= 0.6 is 11.6 Å². The van der Waals surface area contributed by atoms with Gasteiger partial charge in [0.05, 0.1) is 12.3 Å². The fourth-order valence-electron chi connectivity index (χ4n) is 2.20. The lowest BCUT2D eigenvalue weighted by atomic mass is 10.1. The molecule has 0 aliphatic heterocycles. The highest BCUT2D eigenvalue weighted by Crippen LogP contribution is 2.27. The molecule has 0 aliphatic carbocycles. The van der Waals surface area contributed by atoms with Gasteiger partial charge in [-0.25, -0.2) is 9.69 Å². The molecule has 0 spiro atoms. The van der Waals surface area contributed by atoms with E-state index in [1.165, 1.54) is 7.05 Å². The van der Waals surface area contributed by atoms with Gasteiger partial charge in [0.15, 0.2) is 0 Å². The summed E-state index contributed by atoms with van der Waals surface area (Å²) in [6, 6.07) is 5.07. The quantitative estimate of drug-likeness (QED) is 0.815. The molecule has 0 fully saturated rings. The van der Waals surface area contributed by atoms with Crippen LogP contribution in [0, 0.1) is 0 Å². The zero-order valence-electron chi connectivity index (χ0n) is 14.2. The summed E-state index contributed by atoms with van der Waals surface area (Å²) in [6.07, 6.45) is 0.515. The molecular formula is C17H23ClN2O4. The van der Waals surface area contributed by atoms with Crippen molar-refractivity contribution in [2.75, 3.05) is 18.6 Å². The van der Waals surface area contributed by atoms with Crippen LogP contribution < -0.4 is 10.2 Å². The minimum Gasteiger partial charge on any atom is -0.449 e. The molecule has 3 amide bonds. The largest absolute Gasteiger partial charge is 0.449 e. The summed E-state index contributed by atoms with van der Waals surface area (Å²) in [7, 11) is 1.54. The van der Waals surface area contributed by atoms with Crippen molar-refractivity contribution in [1.82, 2.24) is 5.32 Å². The van der Waals surface area contributed by atoms with E-state index in [0.717, 1.165) is 10.5 Å². The molecule has 0 radical (unpaired) electrons. The van der Waals surface area contributed by atoms with Gasteiger partial charge < -0.3 is 10.1 Å². The molecule has 0 heterocycles. The fraction of sp³-hybridized carbons (Fsp3) is 0.471. The first-order chi connectivity index (χ1) is 11.4. The van der Waals surface area contributed by atoms with E-state index in [9.17, 15) is 14.4 Å². The van der Waals surface area contributed by atoms with Gasteiger partial charge in [-0.05, 0) is 37.5 Å². The number of amides is 3. The highest BCUT2D eigenvalue weighted by molar-refractivity contribution is 6.31. The van der Waals surface area contributed by atoms with Gasteiger partial charge in [-0.3, -0.25) is 9.59 Å². The molecule has 7 heteroatoms. The van der Waals surface area contributed by atoms with Crippen molar-refractivity contribution in [1.29, 1.82) is 0 Å². The monoisotopic (exact) mass is 354 g/mol. The number of benzene rings is 1. The van der Waals surface area contributed by atoms with Crippen molar-refractivity contribution in [3.05, 3.63) is 28.8 Å². The van der Waals surface area contributed by atoms with Crippen molar-refractivity contribution < 1.29 is 19.1 Å². The molecule has 24 heavy (non-hydrogen) atoms. The molecule has 0 unspecified atom stereocenters. The molecule has 1 N–H and O–H groups in total. The maximum absolute atomic E-state index is 12.6. The number of carbonyl (C=O) groups is 3. The molecule has 1 aromatic rings. The summed E-state index contributed by atoms with van der Waals surface area (Å²) in [5.41, 5.74) is 1.24. The number of aryl methyl sites for hydroxylation is 1. The van der Waals surface area contributed by atoms with Crippen molar-refractivity contribution in [2.45, 2.75) is 39.5 Å². The van der Waals surface area contributed by atoms with Crippen molar-refractivity contribution in [3.8, 4) is 0 Å². The van der Waals surface area contributed by atoms with Gasteiger partial charge in [0, 0.05) is 24.9 Å². The van der Waals surface area contributed by atoms with Crippen molar-refractivity contribution in [3.63, 3.8) is 0 Å². The van der Waals surface area contributed by atoms with E-state index in [-0.39, 0.29) is 25.4 Å². The van der Waals surface area contributed by atoms with Crippen molar-refractivity contribution >= 4 is 35.2 Å². The predicted octanol–water partition coefficient (Wildman–Crippen LogP) is 3.31. The molecular weight excluding hydrogens is 332 g/mol. The van der Waals surface area contributed by atoms with Crippen LogP contribution in [0.2, 0.25) is 5.02 Å². The van der Waals surface area contributed by atoms with E-state index >= 15 is 0 Å². The Morgan fingerprint density at radius 1 is 1.21 bits per heavy atom. The average Bonchev–Trinajstić information content (AvgIpc) is 2.55. The van der Waals surface area contributed by atoms with Gasteiger partial charge in [0.1, 0.15) is 0 Å². The molecule has 1 rings (SSSR count). The number of halogens is 1. The van der Waals surface area contributed by atoms with Gasteiger partial charge in [0.25, 0.3) is 0 Å². The molecule has 0 saturated carbocycles. The van der Waals surface area contributed by atoms with Crippen LogP contribution in [-0.2, 0) is 20.7 Å². The SMILES string of the molecule is CCOC(=O)N(C(=O)CCCC(=O)NC)c1cc(Cl)ccc1CC. The van der Waals surface area contributed by atoms with Crippen LogP contribution in [0.25, 0.3) is 0 Å². The molecule has 1 aromatic carbocycles. The molecule has 0 atom stereocenters. The van der Waals surface area contributed by atoms with Crippen LogP contribution in [0.15, 0.2) is 18.2 Å². The Bertz CT molecular complexity index is 604. The van der Waals surface area contributed by atoms with Crippen LogP contribution in [0.5, 0.6) is 0 Å². The normalized spacial score (nSPS) is 10.2. The molecule has 6 nitrogen and oxygen atoms in total. The Kier molecular flexibility index (Phi) is 8.26. The summed E-state index contributed by atoms with van der Waals surface area (Å²) in [5.74, 6) is -0.572. The number of anilines is 1. The van der Waals surface area contributed by atoms with E-state index in [4.69, 9.17) is 16.3 Å². The number of hydrogen-bond donors (Lipinski definition) is 1. The fourth-order valence-corrected chi connectivity index (χ4v) is 2.37. The third-order valence-electron chi connectivity index (χ3n) is 3.44. The summed E-state index contributed by atoms with van der Waals surface area (Å²) in [4.78, 5) is 37.1. The van der Waals surface area contributed by atoms with Crippen LogP contribution in [-0.4, -0.2) is 31.6 Å². The number of ether oxygens (including phenoxy) is 1. The van der Waals surface area contributed by atoms with E-state index < -0.39 is 12.0 Å². The third-order valence-corrected chi connectivity index (χ3v) is 3.68. The number of nitrogens with one attached hydrogen (secondary N) is 1. The minimum absolute atomic E-state index is 0.0574. The Morgan fingerprint density at radius 2 is 1.92 bits per heavy atom. The summed E-state index contributed by atoms with van der Waals surface area (Å²) in [6.45, 7) is 3.75. The minimum atomic E-state index is -0.737. The van der Waals surface area contributed by atoms with E-state index in [1.807, 2.05) is 6.92 Å². The lowest BCUT2D eigenvalue weighted by Crippen LogP contribution is -2.38. The zero-order chi connectivity index (χ0) is 18.1. The van der Waals surface area contributed by atoms with Gasteiger partial charge in [-0.1, -0.05) is 24.6 Å². The predicted molar refractivity (Wildman–Crippen MR) is 93.3 cm³/mol. The first-order valence-electron chi connectivity index (χ1n) is 7.93. The van der Waals surface area contributed by atoms with Crippen LogP contribution in [0.3, 0.4) is 0 Å². The molecule has 0 bridgehead atoms. The van der Waals surface area contributed by atoms with E-state index in [0.29, 0.717) is 23.6 Å². The van der Waals surface area contributed by atoms with E-state index in [1.54, 1.807) is 25.1 Å². The molecule has 0 saturated heterocycles. The number of hydrogen-bond acceptors (Lipinski definition) is 4. The van der Waals surface area contributed by atoms with E-state index in [2.05, 4.69) is 5.32 Å². The number of imide groups is 1. The highest BCUT2D eigenvalue weighted by atomic mass is 35.5. The van der Waals surface area contributed by atoms with Gasteiger partial charge in [-0.2, -0.15) is 0 Å². The lowest BCUT2D eigenvalue weighted by molar-refractivity contribution is -0.121. The Morgan fingerprint density at radius 3 is 2.50 bits per heavy atom. The number of rotatable bonds is 7. The first kappa shape index (κ1) is 20.0. The highest BCUT2D eigenvalue weighted by Gasteiger charge is 2.26. The standard InChI is InChI=1S/C17H23ClN2O4/c1-4-12-9-10-13(18)11-14(12)20(17(23)24-5-2)16(22)8-6-7-15(21)19-3/h9-11H,4-8H2,1-3H3,(H,19,21). The van der Waals surface area contributed by atoms with Gasteiger partial charge >= 0.3 is 6.09 Å². The summed E-state index contributed by atoms with van der Waals surface area (Å²) >= 11 is 6.03. The lowest BCUT2D eigenvalue weighted by Gasteiger charge is -2.23. The number of carbonyl (C=O) groups excluding carboxylic acids is 3. The first-order valence-corrected chi connectivity index (χ1v) is 8.31. The molecule has 0 aromatic heterocycles. The number of nitrogens with zero attached hydrogens (tertiary/aromatic N) is 1. The summed E-state index contributed by atoms with van der Waals surface area (Å²) < 4.78 is 5.01. The Labute approximate surface area is 147 Å². The topological polar surface area (TPSA) is 75.7 Å². The molecule has 0 aliphatic rings. The van der Waals surface area contributed by atoms with Crippen LogP contribution in [0.1, 0.15) is 38.7 Å². The Balaban J connectivity index is 3.04. The second-order valence-corrected chi connectivity index (χ2v) is 5.52. The van der Waals surface area contributed by atoms with Gasteiger partial charge in [0.2, 0.25) is 11.8 Å². The van der Waals surface area contributed by atoms with Crippen LogP contribution in [0.4, 0.5) is 10.5 Å². The second-order valence-electron chi connectivity index (χ2n) is 5.08. The third kappa shape index (κ3) is 5.53. The Hall–Kier alpha value is -2.08. The zero-order valence-corrected chi connectivity index (χ0v) is 15.0.